The Morgan fingerprint density at radius 1 is 1.07 bits per heavy atom. The maximum Gasteiger partial charge on any atom is 0.416 e. The van der Waals surface area contributed by atoms with Crippen molar-refractivity contribution < 1.29 is 13.2 Å². The first-order valence-corrected chi connectivity index (χ1v) is 8.39. The predicted molar refractivity (Wildman–Crippen MR) is 97.7 cm³/mol. The topological polar surface area (TPSA) is 72.9 Å². The summed E-state index contributed by atoms with van der Waals surface area (Å²) < 4.78 is 42.0. The van der Waals surface area contributed by atoms with E-state index in [0.29, 0.717) is 39.7 Å². The lowest BCUT2D eigenvalue weighted by molar-refractivity contribution is -0.137. The van der Waals surface area contributed by atoms with E-state index in [1.165, 1.54) is 18.5 Å². The van der Waals surface area contributed by atoms with E-state index in [-0.39, 0.29) is 0 Å². The highest BCUT2D eigenvalue weighted by Crippen LogP contribution is 2.37. The highest BCUT2D eigenvalue weighted by molar-refractivity contribution is 5.91. The Hall–Kier alpha value is -3.43. The molecular formula is C18H16F3N7. The summed E-state index contributed by atoms with van der Waals surface area (Å²) in [6.45, 7) is 1.82. The number of aromatic nitrogens is 6. The summed E-state index contributed by atoms with van der Waals surface area (Å²) in [5.74, 6) is 1.25. The molecule has 4 rings (SSSR count). The molecule has 1 N–H and O–H groups in total. The van der Waals surface area contributed by atoms with Crippen LogP contribution in [0.5, 0.6) is 0 Å². The number of halogens is 3. The van der Waals surface area contributed by atoms with Gasteiger partial charge in [0.15, 0.2) is 5.82 Å². The Morgan fingerprint density at radius 2 is 1.79 bits per heavy atom. The van der Waals surface area contributed by atoms with Crippen LogP contribution < -0.4 is 5.32 Å². The fourth-order valence-corrected chi connectivity index (χ4v) is 3.22. The van der Waals surface area contributed by atoms with E-state index < -0.39 is 11.7 Å². The van der Waals surface area contributed by atoms with Crippen LogP contribution >= 0.6 is 0 Å². The zero-order valence-corrected chi connectivity index (χ0v) is 15.3. The summed E-state index contributed by atoms with van der Waals surface area (Å²) in [5.41, 5.74) is 2.51. The zero-order valence-electron chi connectivity index (χ0n) is 15.3. The van der Waals surface area contributed by atoms with Crippen LogP contribution in [-0.4, -0.2) is 36.4 Å². The van der Waals surface area contributed by atoms with Gasteiger partial charge in [-0.25, -0.2) is 14.5 Å². The molecule has 0 spiro atoms. The van der Waals surface area contributed by atoms with Gasteiger partial charge in [-0.3, -0.25) is 4.68 Å². The Bertz CT molecular complexity index is 1160. The minimum atomic E-state index is -4.38. The number of benzene rings is 1. The number of nitrogens with one attached hydrogen (secondary N) is 1. The molecule has 10 heteroatoms. The average molecular weight is 387 g/mol. The monoisotopic (exact) mass is 387 g/mol. The molecule has 1 aromatic carbocycles. The molecule has 3 aromatic heterocycles. The third-order valence-electron chi connectivity index (χ3n) is 4.51. The Labute approximate surface area is 157 Å². The van der Waals surface area contributed by atoms with E-state index in [1.807, 2.05) is 6.92 Å². The zero-order chi connectivity index (χ0) is 20.1. The summed E-state index contributed by atoms with van der Waals surface area (Å²) in [4.78, 5) is 8.85. The Balaban J connectivity index is 1.92. The molecule has 0 aliphatic heterocycles. The minimum Gasteiger partial charge on any atom is -0.371 e. The van der Waals surface area contributed by atoms with Gasteiger partial charge in [-0.2, -0.15) is 23.4 Å². The summed E-state index contributed by atoms with van der Waals surface area (Å²) in [6.07, 6.45) is -1.32. The van der Waals surface area contributed by atoms with Gasteiger partial charge >= 0.3 is 6.18 Å². The summed E-state index contributed by atoms with van der Waals surface area (Å²) >= 11 is 0. The molecule has 144 valence electrons. The van der Waals surface area contributed by atoms with Gasteiger partial charge in [0.2, 0.25) is 0 Å². The van der Waals surface area contributed by atoms with Crippen LogP contribution in [0, 0.1) is 6.92 Å². The molecule has 7 nitrogen and oxygen atoms in total. The number of imidazole rings is 1. The molecule has 0 radical (unpaired) electrons. The second-order valence-corrected chi connectivity index (χ2v) is 6.23. The van der Waals surface area contributed by atoms with E-state index in [0.717, 1.165) is 12.1 Å². The summed E-state index contributed by atoms with van der Waals surface area (Å²) in [6, 6.07) is 4.99. The van der Waals surface area contributed by atoms with Gasteiger partial charge < -0.3 is 5.32 Å². The van der Waals surface area contributed by atoms with Crippen LogP contribution in [0.3, 0.4) is 0 Å². The first-order chi connectivity index (χ1) is 13.3. The van der Waals surface area contributed by atoms with Crippen molar-refractivity contribution in [1.29, 1.82) is 0 Å². The maximum atomic E-state index is 12.9. The number of rotatable bonds is 3. The number of nitrogens with zero attached hydrogens (tertiary/aromatic N) is 6. The van der Waals surface area contributed by atoms with E-state index in [2.05, 4.69) is 25.5 Å². The molecule has 0 aliphatic carbocycles. The van der Waals surface area contributed by atoms with Crippen LogP contribution in [0.25, 0.3) is 28.0 Å². The van der Waals surface area contributed by atoms with Gasteiger partial charge in [-0.1, -0.05) is 12.1 Å². The quantitative estimate of drug-likeness (QED) is 0.582. The molecule has 3 heterocycles. The SMILES string of the molecule is CNc1ncnn2c(C)nc(-c3cnn(C)c3-c3ccc(C(F)(F)F)cc3)c12. The average Bonchev–Trinajstić information content (AvgIpc) is 3.21. The van der Waals surface area contributed by atoms with E-state index in [1.54, 1.807) is 29.5 Å². The van der Waals surface area contributed by atoms with Gasteiger partial charge in [0.1, 0.15) is 23.4 Å². The molecule has 0 amide bonds. The molecule has 0 aliphatic rings. The van der Waals surface area contributed by atoms with E-state index in [4.69, 9.17) is 0 Å². The van der Waals surface area contributed by atoms with Gasteiger partial charge in [-0.05, 0) is 19.1 Å². The van der Waals surface area contributed by atoms with Gasteiger partial charge in [0.05, 0.1) is 17.5 Å². The third kappa shape index (κ3) is 2.77. The molecule has 0 fully saturated rings. The molecule has 0 atom stereocenters. The van der Waals surface area contributed by atoms with Crippen molar-refractivity contribution >= 4 is 11.3 Å². The van der Waals surface area contributed by atoms with E-state index >= 15 is 0 Å². The second kappa shape index (κ2) is 6.32. The second-order valence-electron chi connectivity index (χ2n) is 6.23. The number of hydrogen-bond acceptors (Lipinski definition) is 5. The van der Waals surface area contributed by atoms with Crippen molar-refractivity contribution in [1.82, 2.24) is 29.4 Å². The van der Waals surface area contributed by atoms with Crippen LogP contribution in [0.4, 0.5) is 19.0 Å². The molecular weight excluding hydrogens is 371 g/mol. The van der Waals surface area contributed by atoms with Gasteiger partial charge in [0, 0.05) is 25.2 Å². The van der Waals surface area contributed by atoms with Crippen molar-refractivity contribution in [3.05, 3.63) is 48.2 Å². The largest absolute Gasteiger partial charge is 0.416 e. The lowest BCUT2D eigenvalue weighted by Crippen LogP contribution is -2.04. The van der Waals surface area contributed by atoms with Crippen molar-refractivity contribution in [3.8, 4) is 22.5 Å². The smallest absolute Gasteiger partial charge is 0.371 e. The Kier molecular flexibility index (Phi) is 4.06. The number of hydrogen-bond donors (Lipinski definition) is 1. The molecule has 0 saturated heterocycles. The molecule has 0 bridgehead atoms. The fourth-order valence-electron chi connectivity index (χ4n) is 3.22. The van der Waals surface area contributed by atoms with Crippen molar-refractivity contribution in [2.45, 2.75) is 13.1 Å². The number of anilines is 1. The molecule has 4 aromatic rings. The van der Waals surface area contributed by atoms with Crippen LogP contribution in [-0.2, 0) is 13.2 Å². The van der Waals surface area contributed by atoms with Crippen molar-refractivity contribution in [2.75, 3.05) is 12.4 Å². The Morgan fingerprint density at radius 3 is 2.43 bits per heavy atom. The lowest BCUT2D eigenvalue weighted by atomic mass is 10.0. The maximum absolute atomic E-state index is 12.9. The van der Waals surface area contributed by atoms with Gasteiger partial charge in [0.25, 0.3) is 0 Å². The molecule has 28 heavy (non-hydrogen) atoms. The highest BCUT2D eigenvalue weighted by Gasteiger charge is 2.30. The van der Waals surface area contributed by atoms with Crippen molar-refractivity contribution in [2.24, 2.45) is 7.05 Å². The molecule has 0 unspecified atom stereocenters. The lowest BCUT2D eigenvalue weighted by Gasteiger charge is -2.10. The first kappa shape index (κ1) is 18.0. The molecule has 0 saturated carbocycles. The number of fused-ring (bicyclic) bond motifs is 1. The van der Waals surface area contributed by atoms with Crippen LogP contribution in [0.1, 0.15) is 11.4 Å². The standard InChI is InChI=1S/C18H16F3N7/c1-10-26-14(16-17(22-2)23-9-25-28(10)16)13-8-24-27(3)15(13)11-4-6-12(7-5-11)18(19,20)21/h4-9H,1-3H3,(H,22,23,25). The number of alkyl halides is 3. The number of aryl methyl sites for hydroxylation is 2. The van der Waals surface area contributed by atoms with Crippen LogP contribution in [0.15, 0.2) is 36.8 Å². The third-order valence-corrected chi connectivity index (χ3v) is 4.51. The van der Waals surface area contributed by atoms with Gasteiger partial charge in [-0.15, -0.1) is 0 Å². The highest BCUT2D eigenvalue weighted by atomic mass is 19.4. The summed E-state index contributed by atoms with van der Waals surface area (Å²) in [5, 5.41) is 11.5. The fraction of sp³-hybridized carbons (Fsp3) is 0.222. The van der Waals surface area contributed by atoms with Crippen molar-refractivity contribution in [3.63, 3.8) is 0 Å². The van der Waals surface area contributed by atoms with E-state index in [9.17, 15) is 13.2 Å². The normalized spacial score (nSPS) is 11.9. The first-order valence-electron chi connectivity index (χ1n) is 8.39. The minimum absolute atomic E-state index is 0.591. The van der Waals surface area contributed by atoms with Crippen LogP contribution in [0.2, 0.25) is 0 Å². The summed E-state index contributed by atoms with van der Waals surface area (Å²) in [7, 11) is 3.48. The predicted octanol–water partition coefficient (Wildman–Crippen LogP) is 3.56.